The Labute approximate surface area is 226 Å². The third-order valence-corrected chi connectivity index (χ3v) is 7.89. The van der Waals surface area contributed by atoms with Crippen molar-refractivity contribution in [2.24, 2.45) is 0 Å². The summed E-state index contributed by atoms with van der Waals surface area (Å²) in [5.41, 5.74) is 0.630. The van der Waals surface area contributed by atoms with Crippen LogP contribution in [0.25, 0.3) is 0 Å². The van der Waals surface area contributed by atoms with E-state index in [9.17, 15) is 18.0 Å². The number of benzene rings is 3. The summed E-state index contributed by atoms with van der Waals surface area (Å²) >= 11 is 0. The van der Waals surface area contributed by atoms with E-state index in [0.717, 1.165) is 4.31 Å². The molecule has 0 radical (unpaired) electrons. The number of carbonyl (C=O) groups is 2. The summed E-state index contributed by atoms with van der Waals surface area (Å²) < 4.78 is 55.2. The molecule has 0 bridgehead atoms. The highest BCUT2D eigenvalue weighted by Crippen LogP contribution is 2.35. The number of methoxy groups -OCH3 is 4. The van der Waals surface area contributed by atoms with Crippen LogP contribution in [0.15, 0.2) is 71.6 Å². The summed E-state index contributed by atoms with van der Waals surface area (Å²) in [6.45, 7) is -0.736. The van der Waals surface area contributed by atoms with E-state index in [1.807, 2.05) is 0 Å². The van der Waals surface area contributed by atoms with Crippen molar-refractivity contribution >= 4 is 33.3 Å². The molecule has 12 heteroatoms. The molecular weight excluding hydrogens is 528 g/mol. The summed E-state index contributed by atoms with van der Waals surface area (Å²) in [4.78, 5) is 27.3. The Bertz CT molecular complexity index is 1460. The van der Waals surface area contributed by atoms with E-state index in [2.05, 4.69) is 0 Å². The zero-order valence-corrected chi connectivity index (χ0v) is 22.6. The molecule has 3 aromatic rings. The van der Waals surface area contributed by atoms with E-state index in [-0.39, 0.29) is 22.9 Å². The van der Waals surface area contributed by atoms with Crippen LogP contribution in [0.1, 0.15) is 0 Å². The van der Waals surface area contributed by atoms with E-state index in [1.165, 1.54) is 63.7 Å². The second kappa shape index (κ2) is 11.5. The molecule has 206 valence electrons. The fourth-order valence-electron chi connectivity index (χ4n) is 4.10. The predicted molar refractivity (Wildman–Crippen MR) is 142 cm³/mol. The highest BCUT2D eigenvalue weighted by atomic mass is 32.2. The number of carbonyl (C=O) groups excluding carboxylic acids is 2. The van der Waals surface area contributed by atoms with Crippen molar-refractivity contribution in [3.05, 3.63) is 66.7 Å². The van der Waals surface area contributed by atoms with Crippen molar-refractivity contribution in [3.63, 3.8) is 0 Å². The number of nitrogens with zero attached hydrogens (tertiary/aromatic N) is 2. The molecule has 3 aromatic carbocycles. The predicted octanol–water partition coefficient (Wildman–Crippen LogP) is 2.87. The van der Waals surface area contributed by atoms with Gasteiger partial charge in [0.1, 0.15) is 18.0 Å². The van der Waals surface area contributed by atoms with Crippen LogP contribution in [0.3, 0.4) is 0 Å². The Morgan fingerprint density at radius 1 is 0.923 bits per heavy atom. The quantitative estimate of drug-likeness (QED) is 0.366. The fourth-order valence-corrected chi connectivity index (χ4v) is 5.53. The molecule has 0 N–H and O–H groups in total. The van der Waals surface area contributed by atoms with Gasteiger partial charge in [-0.15, -0.1) is 0 Å². The van der Waals surface area contributed by atoms with Crippen LogP contribution in [-0.2, 0) is 24.3 Å². The number of esters is 1. The van der Waals surface area contributed by atoms with Crippen molar-refractivity contribution in [2.75, 3.05) is 50.7 Å². The van der Waals surface area contributed by atoms with Crippen molar-refractivity contribution in [2.45, 2.75) is 11.0 Å². The molecule has 1 aliphatic heterocycles. The average Bonchev–Trinajstić information content (AvgIpc) is 2.98. The summed E-state index contributed by atoms with van der Waals surface area (Å²) in [5.74, 6) is 0.125. The summed E-state index contributed by atoms with van der Waals surface area (Å²) in [5, 5.41) is 0. The maximum Gasteiger partial charge on any atom is 0.348 e. The first kappa shape index (κ1) is 27.6. The normalized spacial score (nSPS) is 14.5. The van der Waals surface area contributed by atoms with E-state index in [1.54, 1.807) is 36.4 Å². The molecule has 0 saturated heterocycles. The SMILES string of the molecule is COC(=O)[C@@H]1CN(C(=O)CN(c2ccc(OC)cc2)S(=O)(=O)c2ccc(OC)c(OC)c2)c2ccccc2O1. The number of sulfonamides is 1. The van der Waals surface area contributed by atoms with Crippen molar-refractivity contribution in [3.8, 4) is 23.0 Å². The molecule has 0 unspecified atom stereocenters. The van der Waals surface area contributed by atoms with Crippen LogP contribution in [-0.4, -0.2) is 67.9 Å². The Kier molecular flexibility index (Phi) is 8.15. The highest BCUT2D eigenvalue weighted by Gasteiger charge is 2.37. The van der Waals surface area contributed by atoms with Gasteiger partial charge in [0.2, 0.25) is 12.0 Å². The lowest BCUT2D eigenvalue weighted by Crippen LogP contribution is -2.51. The third-order valence-electron chi connectivity index (χ3n) is 6.12. The molecule has 0 fully saturated rings. The van der Waals surface area contributed by atoms with Gasteiger partial charge in [-0.3, -0.25) is 9.10 Å². The maximum absolute atomic E-state index is 14.0. The number of ether oxygens (including phenoxy) is 5. The Morgan fingerprint density at radius 3 is 2.26 bits per heavy atom. The minimum absolute atomic E-state index is 0.112. The summed E-state index contributed by atoms with van der Waals surface area (Å²) in [6, 6.07) is 17.1. The van der Waals surface area contributed by atoms with Crippen LogP contribution in [0.4, 0.5) is 11.4 Å². The number of hydrogen-bond acceptors (Lipinski definition) is 9. The van der Waals surface area contributed by atoms with Gasteiger partial charge in [-0.1, -0.05) is 12.1 Å². The molecule has 1 aliphatic rings. The topological polar surface area (TPSA) is 121 Å². The summed E-state index contributed by atoms with van der Waals surface area (Å²) in [6.07, 6.45) is -1.08. The van der Waals surface area contributed by atoms with Gasteiger partial charge in [0.15, 0.2) is 11.5 Å². The van der Waals surface area contributed by atoms with Crippen molar-refractivity contribution in [1.29, 1.82) is 0 Å². The minimum atomic E-state index is -4.29. The molecule has 0 aliphatic carbocycles. The number of amides is 1. The number of fused-ring (bicyclic) bond motifs is 1. The number of para-hydroxylation sites is 2. The van der Waals surface area contributed by atoms with Crippen molar-refractivity contribution in [1.82, 2.24) is 0 Å². The van der Waals surface area contributed by atoms with E-state index in [4.69, 9.17) is 23.7 Å². The molecule has 0 saturated carbocycles. The summed E-state index contributed by atoms with van der Waals surface area (Å²) in [7, 11) is 1.26. The lowest BCUT2D eigenvalue weighted by atomic mass is 10.2. The van der Waals surface area contributed by atoms with E-state index in [0.29, 0.717) is 22.9 Å². The minimum Gasteiger partial charge on any atom is -0.497 e. The lowest BCUT2D eigenvalue weighted by Gasteiger charge is -2.35. The Morgan fingerprint density at radius 2 is 1.62 bits per heavy atom. The van der Waals surface area contributed by atoms with Crippen LogP contribution in [0.2, 0.25) is 0 Å². The first-order chi connectivity index (χ1) is 18.7. The Balaban J connectivity index is 1.76. The van der Waals surface area contributed by atoms with Crippen LogP contribution < -0.4 is 28.2 Å². The smallest absolute Gasteiger partial charge is 0.348 e. The fraction of sp³-hybridized carbons (Fsp3) is 0.259. The van der Waals surface area contributed by atoms with Gasteiger partial charge in [0.25, 0.3) is 10.0 Å². The second-order valence-electron chi connectivity index (χ2n) is 8.33. The van der Waals surface area contributed by atoms with Gasteiger partial charge >= 0.3 is 5.97 Å². The molecule has 0 spiro atoms. The molecule has 1 atom stereocenters. The standard InChI is InChI=1S/C27H28N2O9S/c1-34-19-11-9-18(10-12-19)29(39(32,33)20-13-14-23(35-2)24(15-20)36-3)17-26(30)28-16-25(27(31)37-4)38-22-8-6-5-7-21(22)28/h5-15,25H,16-17H2,1-4H3/t25-/m0/s1. The molecule has 0 aromatic heterocycles. The lowest BCUT2D eigenvalue weighted by molar-refractivity contribution is -0.148. The maximum atomic E-state index is 14.0. The molecule has 39 heavy (non-hydrogen) atoms. The zero-order valence-electron chi connectivity index (χ0n) is 21.8. The van der Waals surface area contributed by atoms with E-state index < -0.39 is 34.5 Å². The third kappa shape index (κ3) is 5.55. The molecule has 1 heterocycles. The Hall–Kier alpha value is -4.45. The number of hydrogen-bond donors (Lipinski definition) is 0. The zero-order chi connectivity index (χ0) is 28.2. The van der Waals surface area contributed by atoms with Gasteiger partial charge in [0, 0.05) is 6.07 Å². The van der Waals surface area contributed by atoms with Gasteiger partial charge in [0.05, 0.1) is 51.3 Å². The van der Waals surface area contributed by atoms with Crippen LogP contribution >= 0.6 is 0 Å². The van der Waals surface area contributed by atoms with Gasteiger partial charge in [-0.25, -0.2) is 13.2 Å². The monoisotopic (exact) mass is 556 g/mol. The second-order valence-corrected chi connectivity index (χ2v) is 10.2. The highest BCUT2D eigenvalue weighted by molar-refractivity contribution is 7.92. The number of rotatable bonds is 9. The van der Waals surface area contributed by atoms with E-state index >= 15 is 0 Å². The van der Waals surface area contributed by atoms with Crippen LogP contribution in [0, 0.1) is 0 Å². The first-order valence-electron chi connectivity index (χ1n) is 11.8. The van der Waals surface area contributed by atoms with Crippen LogP contribution in [0.5, 0.6) is 23.0 Å². The molecular formula is C27H28N2O9S. The van der Waals surface area contributed by atoms with Crippen molar-refractivity contribution < 1.29 is 41.7 Å². The first-order valence-corrected chi connectivity index (χ1v) is 13.2. The number of anilines is 2. The molecule has 4 rings (SSSR count). The van der Waals surface area contributed by atoms with Gasteiger partial charge in [-0.05, 0) is 48.5 Å². The van der Waals surface area contributed by atoms with Gasteiger partial charge < -0.3 is 28.6 Å². The largest absolute Gasteiger partial charge is 0.497 e. The average molecular weight is 557 g/mol. The molecule has 11 nitrogen and oxygen atoms in total. The van der Waals surface area contributed by atoms with Gasteiger partial charge in [-0.2, -0.15) is 0 Å². The molecule has 1 amide bonds.